The quantitative estimate of drug-likeness (QED) is 0.114. The van der Waals surface area contributed by atoms with E-state index in [9.17, 15) is 0 Å². The first-order chi connectivity index (χ1) is 51.9. The fraction of sp³-hybridized carbons (Fsp3) is 0.0505. The van der Waals surface area contributed by atoms with E-state index in [4.69, 9.17) is 9.97 Å². The third kappa shape index (κ3) is 10.5. The molecule has 0 fully saturated rings. The summed E-state index contributed by atoms with van der Waals surface area (Å²) in [6.07, 6.45) is 0. The van der Waals surface area contributed by atoms with E-state index in [1.165, 1.54) is 110 Å². The molecule has 2 bridgehead atoms. The highest BCUT2D eigenvalue weighted by Gasteiger charge is 2.32. The topological polar surface area (TPSA) is 42.1 Å². The van der Waals surface area contributed by atoms with E-state index in [2.05, 4.69) is 385 Å². The van der Waals surface area contributed by atoms with Crippen LogP contribution in [-0.4, -0.2) is 25.8 Å². The molecule has 2 aromatic heterocycles. The van der Waals surface area contributed by atoms with Crippen molar-refractivity contribution in [2.24, 2.45) is 0 Å². The van der Waals surface area contributed by atoms with E-state index in [1.54, 1.807) is 0 Å². The predicted octanol–water partition coefficient (Wildman–Crippen LogP) is 25.3. The average molecular weight is 1340 g/mol. The van der Waals surface area contributed by atoms with Crippen LogP contribution in [0.5, 0.6) is 0 Å². The van der Waals surface area contributed by atoms with Gasteiger partial charge in [-0.2, -0.15) is 0 Å². The highest BCUT2D eigenvalue weighted by molar-refractivity contribution is 6.23. The molecule has 16 aromatic carbocycles. The minimum Gasteiger partial charge on any atom is -0.349 e. The van der Waals surface area contributed by atoms with Crippen LogP contribution in [-0.2, 0) is 13.1 Å². The zero-order valence-corrected chi connectivity index (χ0v) is 58.3. The Morgan fingerprint density at radius 3 is 0.838 bits per heavy atom. The van der Waals surface area contributed by atoms with Gasteiger partial charge >= 0.3 is 0 Å². The molecular formula is C99H70N6. The van der Waals surface area contributed by atoms with Crippen molar-refractivity contribution in [1.29, 1.82) is 0 Å². The highest BCUT2D eigenvalue weighted by atomic mass is 15.4. The lowest BCUT2D eigenvalue weighted by molar-refractivity contribution is 0.651. The van der Waals surface area contributed by atoms with Gasteiger partial charge in [-0.05, 0) is 173 Å². The zero-order chi connectivity index (χ0) is 69.6. The molecule has 0 N–H and O–H groups in total. The predicted molar refractivity (Wildman–Crippen MR) is 438 cm³/mol. The summed E-state index contributed by atoms with van der Waals surface area (Å²) in [5, 5.41) is 9.75. The Labute approximate surface area is 611 Å². The smallest absolute Gasteiger partial charge is 0.145 e. The van der Waals surface area contributed by atoms with Gasteiger partial charge in [-0.3, -0.25) is 9.13 Å². The minimum absolute atomic E-state index is 0.801. The second-order valence-electron chi connectivity index (χ2n) is 28.1. The van der Waals surface area contributed by atoms with Crippen LogP contribution in [0.25, 0.3) is 167 Å². The molecule has 18 aromatic rings. The number of hydrogen-bond donors (Lipinski definition) is 0. The van der Waals surface area contributed by atoms with Crippen LogP contribution in [0.2, 0.25) is 0 Å². The molecule has 6 nitrogen and oxygen atoms in total. The molecule has 0 atom stereocenters. The summed E-state index contributed by atoms with van der Waals surface area (Å²) in [7, 11) is 0. The first-order valence-corrected chi connectivity index (χ1v) is 36.4. The van der Waals surface area contributed by atoms with E-state index < -0.39 is 0 Å². The molecule has 0 amide bonds. The standard InChI is InChI=1S/C99H70N6/c1-64-45-51-78(52-46-64)104-96(68-29-11-5-12-30-68)94(66-25-7-3-8-26-66)100-98(104)74-35-23-33-70(57-74)90-80-37-15-19-41-84(80)92(85-42-20-16-38-81(85)90)72-49-55-88-76(59-72)61-102-63-103(88)62-77-60-73(50-56-89(77)102)93-86-43-21-17-39-82(86)91(83-40-18-22-44-87(83)93)71-34-24-36-75(58-71)99-101-95(67-27-9-4-10-28-67)97(69-31-13-6-14-32-69)105(99)79-53-47-65(2)48-54-79/h3-60H,61-63H2,1-2H3. The number of benzene rings is 16. The van der Waals surface area contributed by atoms with E-state index in [-0.39, 0.29) is 0 Å². The second kappa shape index (κ2) is 25.3. The molecule has 0 radical (unpaired) electrons. The van der Waals surface area contributed by atoms with Crippen LogP contribution in [0.4, 0.5) is 11.4 Å². The number of fused-ring (bicyclic) bond motifs is 10. The van der Waals surface area contributed by atoms with Crippen LogP contribution in [0.1, 0.15) is 22.3 Å². The Bertz CT molecular complexity index is 5930. The van der Waals surface area contributed by atoms with E-state index in [0.717, 1.165) is 110 Å². The highest BCUT2D eigenvalue weighted by Crippen LogP contribution is 2.51. The van der Waals surface area contributed by atoms with Gasteiger partial charge in [-0.1, -0.05) is 302 Å². The molecule has 2 aliphatic heterocycles. The molecule has 0 aliphatic carbocycles. The van der Waals surface area contributed by atoms with Crippen molar-refractivity contribution in [2.75, 3.05) is 16.5 Å². The lowest BCUT2D eigenvalue weighted by atomic mass is 9.84. The average Bonchev–Trinajstić information content (AvgIpc) is 1.58. The van der Waals surface area contributed by atoms with Crippen molar-refractivity contribution in [2.45, 2.75) is 26.9 Å². The number of imidazole rings is 2. The van der Waals surface area contributed by atoms with Crippen molar-refractivity contribution in [1.82, 2.24) is 19.1 Å². The van der Waals surface area contributed by atoms with Gasteiger partial charge in [-0.15, -0.1) is 0 Å². The van der Waals surface area contributed by atoms with E-state index in [0.29, 0.717) is 0 Å². The molecule has 0 saturated heterocycles. The van der Waals surface area contributed by atoms with Crippen molar-refractivity contribution in [3.8, 4) is 124 Å². The third-order valence-corrected chi connectivity index (χ3v) is 21.7. The van der Waals surface area contributed by atoms with Crippen LogP contribution >= 0.6 is 0 Å². The molecule has 0 saturated carbocycles. The third-order valence-electron chi connectivity index (χ3n) is 21.7. The van der Waals surface area contributed by atoms with E-state index >= 15 is 0 Å². The summed E-state index contributed by atoms with van der Waals surface area (Å²) in [5.41, 5.74) is 29.9. The van der Waals surface area contributed by atoms with Gasteiger partial charge in [0.05, 0.1) is 29.4 Å². The Morgan fingerprint density at radius 2 is 0.514 bits per heavy atom. The van der Waals surface area contributed by atoms with Gasteiger partial charge in [0.25, 0.3) is 0 Å². The number of rotatable bonds is 12. The maximum atomic E-state index is 5.64. The van der Waals surface area contributed by atoms with Crippen molar-refractivity contribution in [3.63, 3.8) is 0 Å². The van der Waals surface area contributed by atoms with Crippen molar-refractivity contribution in [3.05, 3.63) is 374 Å². The van der Waals surface area contributed by atoms with E-state index in [1.807, 2.05) is 0 Å². The lowest BCUT2D eigenvalue weighted by Crippen LogP contribution is -2.46. The van der Waals surface area contributed by atoms with Gasteiger partial charge < -0.3 is 9.80 Å². The fourth-order valence-corrected chi connectivity index (χ4v) is 17.0. The van der Waals surface area contributed by atoms with Crippen LogP contribution in [0.3, 0.4) is 0 Å². The molecule has 0 spiro atoms. The summed E-state index contributed by atoms with van der Waals surface area (Å²) in [4.78, 5) is 16.4. The number of anilines is 2. The maximum Gasteiger partial charge on any atom is 0.145 e. The monoisotopic (exact) mass is 1340 g/mol. The molecule has 4 heterocycles. The summed E-state index contributed by atoms with van der Waals surface area (Å²) in [6, 6.07) is 129. The summed E-state index contributed by atoms with van der Waals surface area (Å²) >= 11 is 0. The lowest BCUT2D eigenvalue weighted by Gasteiger charge is -2.45. The first-order valence-electron chi connectivity index (χ1n) is 36.4. The summed E-state index contributed by atoms with van der Waals surface area (Å²) < 4.78 is 4.72. The fourth-order valence-electron chi connectivity index (χ4n) is 17.0. The van der Waals surface area contributed by atoms with Gasteiger partial charge in [0, 0.05) is 69.2 Å². The molecule has 0 unspecified atom stereocenters. The normalized spacial score (nSPS) is 12.5. The summed E-state index contributed by atoms with van der Waals surface area (Å²) in [5.74, 6) is 1.78. The molecule has 2 aliphatic rings. The van der Waals surface area contributed by atoms with Crippen LogP contribution < -0.4 is 9.80 Å². The largest absolute Gasteiger partial charge is 0.349 e. The zero-order valence-electron chi connectivity index (χ0n) is 58.3. The van der Waals surface area contributed by atoms with Crippen molar-refractivity contribution >= 4 is 54.5 Å². The number of aromatic nitrogens is 4. The number of hydrogen-bond acceptors (Lipinski definition) is 4. The molecule has 6 heteroatoms. The second-order valence-corrected chi connectivity index (χ2v) is 28.1. The Kier molecular flexibility index (Phi) is 14.8. The van der Waals surface area contributed by atoms with Gasteiger partial charge in [-0.25, -0.2) is 9.97 Å². The van der Waals surface area contributed by atoms with Crippen LogP contribution in [0, 0.1) is 13.8 Å². The Hall–Kier alpha value is -13.4. The van der Waals surface area contributed by atoms with Crippen LogP contribution in [0.15, 0.2) is 352 Å². The molecule has 20 rings (SSSR count). The van der Waals surface area contributed by atoms with Crippen molar-refractivity contribution < 1.29 is 0 Å². The molecule has 496 valence electrons. The Balaban J connectivity index is 0.658. The number of nitrogens with zero attached hydrogens (tertiary/aromatic N) is 6. The summed E-state index contributed by atoms with van der Waals surface area (Å²) in [6.45, 7) is 6.72. The number of aryl methyl sites for hydroxylation is 2. The van der Waals surface area contributed by atoms with Gasteiger partial charge in [0.15, 0.2) is 0 Å². The Morgan fingerprint density at radius 1 is 0.238 bits per heavy atom. The van der Waals surface area contributed by atoms with Gasteiger partial charge in [0.1, 0.15) is 11.6 Å². The molecular weight excluding hydrogens is 1270 g/mol. The van der Waals surface area contributed by atoms with Gasteiger partial charge in [0.2, 0.25) is 0 Å². The SMILES string of the molecule is Cc1ccc(-n2c(-c3cccc(-c4c5ccccc5c(-c5ccc6c(c5)CN5CN6Cc6cc(-c7c8ccccc8c(-c8cccc(-c9nc(-c%10ccccc%10)c(-c%10ccccc%10)n9-c9ccc(C)cc9)c8)c8ccccc78)ccc65)c5ccccc45)c3)nc(-c3ccccc3)c2-c2ccccc2)cc1. The first kappa shape index (κ1) is 61.4. The minimum atomic E-state index is 0.801. The molecule has 105 heavy (non-hydrogen) atoms. The maximum absolute atomic E-state index is 5.64.